The number of aromatic nitrogens is 1. The van der Waals surface area contributed by atoms with Gasteiger partial charge in [0, 0.05) is 52.0 Å². The molecule has 1 aliphatic heterocycles. The molecule has 0 unspecified atom stereocenters. The first kappa shape index (κ1) is 24.4. The lowest BCUT2D eigenvalue weighted by Gasteiger charge is -2.13. The monoisotopic (exact) mass is 518 g/mol. The van der Waals surface area contributed by atoms with Crippen LogP contribution < -0.4 is 5.32 Å². The van der Waals surface area contributed by atoms with Crippen LogP contribution in [0.5, 0.6) is 0 Å². The number of para-hydroxylation sites is 1. The molecule has 1 saturated heterocycles. The molecule has 5 rings (SSSR count). The van der Waals surface area contributed by atoms with Gasteiger partial charge in [0.15, 0.2) is 5.17 Å². The first-order chi connectivity index (χ1) is 17.4. The molecule has 1 aliphatic rings. The quantitative estimate of drug-likeness (QED) is 0.307. The van der Waals surface area contributed by atoms with E-state index in [2.05, 4.69) is 47.1 Å². The average Bonchev–Trinajstić information content (AvgIpc) is 3.34. The van der Waals surface area contributed by atoms with Crippen LogP contribution in [0.15, 0.2) is 65.7 Å². The van der Waals surface area contributed by atoms with Gasteiger partial charge in [-0.2, -0.15) is 0 Å². The van der Waals surface area contributed by atoms with Crippen molar-refractivity contribution in [2.75, 3.05) is 11.9 Å². The number of carbonyl (C=O) groups is 2. The van der Waals surface area contributed by atoms with E-state index in [1.54, 1.807) is 17.0 Å². The highest BCUT2D eigenvalue weighted by Gasteiger charge is 2.38. The Morgan fingerprint density at radius 3 is 2.58 bits per heavy atom. The molecular weight excluding hydrogens is 492 g/mol. The van der Waals surface area contributed by atoms with Crippen molar-refractivity contribution in [2.24, 2.45) is 4.99 Å². The van der Waals surface area contributed by atoms with Gasteiger partial charge in [0.25, 0.3) is 0 Å². The highest BCUT2D eigenvalue weighted by atomic mass is 35.5. The van der Waals surface area contributed by atoms with Crippen molar-refractivity contribution in [1.29, 1.82) is 0 Å². The fraction of sp³-hybridized carbons (Fsp3) is 0.250. The number of anilines is 1. The largest absolute Gasteiger partial charge is 0.341 e. The topological polar surface area (TPSA) is 66.7 Å². The summed E-state index contributed by atoms with van der Waals surface area (Å²) in [4.78, 5) is 32.4. The van der Waals surface area contributed by atoms with Crippen molar-refractivity contribution in [3.05, 3.63) is 71.2 Å². The molecule has 0 spiro atoms. The average molecular weight is 519 g/mol. The number of aliphatic imine (C=N–C) groups is 1. The van der Waals surface area contributed by atoms with Gasteiger partial charge in [0.2, 0.25) is 11.8 Å². The minimum absolute atomic E-state index is 0.0635. The number of halogens is 1. The summed E-state index contributed by atoms with van der Waals surface area (Å²) in [6.45, 7) is 7.34. The first-order valence-electron chi connectivity index (χ1n) is 12.0. The van der Waals surface area contributed by atoms with Crippen LogP contribution in [-0.4, -0.2) is 38.2 Å². The number of fused-ring (bicyclic) bond motifs is 3. The number of hydrogen-bond donors (Lipinski definition) is 1. The Bertz CT molecular complexity index is 1530. The van der Waals surface area contributed by atoms with E-state index >= 15 is 0 Å². The second kappa shape index (κ2) is 9.99. The van der Waals surface area contributed by atoms with Crippen LogP contribution in [0.1, 0.15) is 25.8 Å². The molecule has 1 aromatic heterocycles. The second-order valence-corrected chi connectivity index (χ2v) is 10.4. The number of rotatable bonds is 6. The second-order valence-electron chi connectivity index (χ2n) is 8.76. The summed E-state index contributed by atoms with van der Waals surface area (Å²) in [5, 5.41) is 5.87. The third-order valence-electron chi connectivity index (χ3n) is 6.48. The lowest BCUT2D eigenvalue weighted by Crippen LogP contribution is -2.33. The van der Waals surface area contributed by atoms with Gasteiger partial charge in [0.1, 0.15) is 5.25 Å². The fourth-order valence-corrected chi connectivity index (χ4v) is 6.07. The van der Waals surface area contributed by atoms with Crippen molar-refractivity contribution in [3.8, 4) is 0 Å². The Morgan fingerprint density at radius 1 is 1.03 bits per heavy atom. The third-order valence-corrected chi connectivity index (χ3v) is 7.89. The number of carbonyl (C=O) groups excluding carboxylic acids is 2. The number of nitrogens with one attached hydrogen (secondary N) is 1. The molecule has 3 aromatic carbocycles. The summed E-state index contributed by atoms with van der Waals surface area (Å²) < 4.78 is 2.30. The molecule has 0 bridgehead atoms. The van der Waals surface area contributed by atoms with Crippen LogP contribution in [-0.2, 0) is 16.1 Å². The lowest BCUT2D eigenvalue weighted by atomic mass is 10.1. The maximum atomic E-state index is 13.1. The number of amides is 2. The molecule has 1 N–H and O–H groups in total. The van der Waals surface area contributed by atoms with Crippen molar-refractivity contribution < 1.29 is 9.59 Å². The van der Waals surface area contributed by atoms with Gasteiger partial charge in [0.05, 0.1) is 5.69 Å². The molecule has 36 heavy (non-hydrogen) atoms. The Labute approximate surface area is 219 Å². The lowest BCUT2D eigenvalue weighted by molar-refractivity contribution is -0.128. The molecule has 2 amide bonds. The normalized spacial score (nSPS) is 17.0. The molecule has 1 atom stereocenters. The van der Waals surface area contributed by atoms with E-state index in [9.17, 15) is 9.59 Å². The van der Waals surface area contributed by atoms with Crippen LogP contribution in [0.4, 0.5) is 11.4 Å². The van der Waals surface area contributed by atoms with E-state index < -0.39 is 5.25 Å². The molecule has 1 fully saturated rings. The number of nitrogens with zero attached hydrogens (tertiary/aromatic N) is 3. The Morgan fingerprint density at radius 2 is 1.81 bits per heavy atom. The van der Waals surface area contributed by atoms with E-state index in [4.69, 9.17) is 16.6 Å². The molecule has 8 heteroatoms. The smallest absolute Gasteiger partial charge is 0.242 e. The van der Waals surface area contributed by atoms with Crippen molar-refractivity contribution >= 4 is 73.5 Å². The number of amidine groups is 1. The predicted octanol–water partition coefficient (Wildman–Crippen LogP) is 6.76. The van der Waals surface area contributed by atoms with Crippen molar-refractivity contribution in [3.63, 3.8) is 0 Å². The van der Waals surface area contributed by atoms with Gasteiger partial charge < -0.3 is 9.88 Å². The SMILES string of the molecule is CCN1C(=O)[C@H](CC(=O)Nc2cc(Cl)ccc2C)SC1=Nc1ccc2c(c1)c1ccccc1n2CC. The number of aryl methyl sites for hydroxylation is 2. The Kier molecular flexibility index (Phi) is 6.77. The van der Waals surface area contributed by atoms with E-state index in [1.165, 1.54) is 22.7 Å². The molecule has 2 heterocycles. The van der Waals surface area contributed by atoms with Crippen LogP contribution >= 0.6 is 23.4 Å². The van der Waals surface area contributed by atoms with Crippen molar-refractivity contribution in [2.45, 2.75) is 39.0 Å². The molecule has 0 saturated carbocycles. The number of thioether (sulfide) groups is 1. The van der Waals surface area contributed by atoms with Gasteiger partial charge in [-0.1, -0.05) is 47.6 Å². The molecule has 6 nitrogen and oxygen atoms in total. The standard InChI is InChI=1S/C28H27ClN4O2S/c1-4-32-23-9-7-6-8-20(23)21-15-19(12-13-24(21)32)30-28-33(5-2)27(35)25(36-28)16-26(34)31-22-14-18(29)11-10-17(22)3/h6-15,25H,4-5,16H2,1-3H3,(H,31,34)/t25-/m0/s1. The highest BCUT2D eigenvalue weighted by Crippen LogP contribution is 2.35. The minimum atomic E-state index is -0.520. The summed E-state index contributed by atoms with van der Waals surface area (Å²) in [6.07, 6.45) is 0.0635. The molecular formula is C28H27ClN4O2S. The van der Waals surface area contributed by atoms with E-state index in [0.29, 0.717) is 22.4 Å². The summed E-state index contributed by atoms with van der Waals surface area (Å²) in [7, 11) is 0. The Hall–Kier alpha value is -3.29. The summed E-state index contributed by atoms with van der Waals surface area (Å²) in [6, 6.07) is 19.9. The molecule has 4 aromatic rings. The predicted molar refractivity (Wildman–Crippen MR) is 150 cm³/mol. The summed E-state index contributed by atoms with van der Waals surface area (Å²) >= 11 is 7.42. The van der Waals surface area contributed by atoms with Gasteiger partial charge >= 0.3 is 0 Å². The zero-order valence-corrected chi connectivity index (χ0v) is 22.0. The summed E-state index contributed by atoms with van der Waals surface area (Å²) in [5.74, 6) is -0.319. The zero-order chi connectivity index (χ0) is 25.4. The maximum absolute atomic E-state index is 13.1. The minimum Gasteiger partial charge on any atom is -0.341 e. The van der Waals surface area contributed by atoms with E-state index in [1.807, 2.05) is 32.0 Å². The fourth-order valence-electron chi connectivity index (χ4n) is 4.68. The van der Waals surface area contributed by atoms with Crippen LogP contribution in [0.2, 0.25) is 5.02 Å². The van der Waals surface area contributed by atoms with Gasteiger partial charge in [-0.25, -0.2) is 4.99 Å². The highest BCUT2D eigenvalue weighted by molar-refractivity contribution is 8.15. The maximum Gasteiger partial charge on any atom is 0.242 e. The van der Waals surface area contributed by atoms with Crippen molar-refractivity contribution in [1.82, 2.24) is 9.47 Å². The van der Waals surface area contributed by atoms with Gasteiger partial charge in [-0.15, -0.1) is 0 Å². The van der Waals surface area contributed by atoms with Gasteiger partial charge in [-0.3, -0.25) is 14.5 Å². The van der Waals surface area contributed by atoms with E-state index in [0.717, 1.165) is 28.7 Å². The first-order valence-corrected chi connectivity index (χ1v) is 13.3. The van der Waals surface area contributed by atoms with Crippen LogP contribution in [0, 0.1) is 6.92 Å². The zero-order valence-electron chi connectivity index (χ0n) is 20.4. The molecule has 0 aliphatic carbocycles. The summed E-state index contributed by atoms with van der Waals surface area (Å²) in [5.41, 5.74) is 4.71. The molecule has 0 radical (unpaired) electrons. The van der Waals surface area contributed by atoms with Gasteiger partial charge in [-0.05, 0) is 62.7 Å². The number of benzene rings is 3. The van der Waals surface area contributed by atoms with Crippen LogP contribution in [0.3, 0.4) is 0 Å². The Balaban J connectivity index is 1.40. The number of hydrogen-bond acceptors (Lipinski definition) is 4. The third kappa shape index (κ3) is 4.49. The van der Waals surface area contributed by atoms with Crippen LogP contribution in [0.25, 0.3) is 21.8 Å². The van der Waals surface area contributed by atoms with E-state index in [-0.39, 0.29) is 18.2 Å². The molecule has 184 valence electrons.